The molecule has 0 radical (unpaired) electrons. The van der Waals surface area contributed by atoms with Crippen molar-refractivity contribution >= 4 is 17.5 Å². The van der Waals surface area contributed by atoms with Crippen molar-refractivity contribution in [2.24, 2.45) is 0 Å². The summed E-state index contributed by atoms with van der Waals surface area (Å²) in [6.07, 6.45) is 1.11. The number of hydrogen-bond donors (Lipinski definition) is 1. The fourth-order valence-corrected chi connectivity index (χ4v) is 2.27. The summed E-state index contributed by atoms with van der Waals surface area (Å²) in [6, 6.07) is 5.31. The number of benzene rings is 1. The Balaban J connectivity index is 2.64. The van der Waals surface area contributed by atoms with Gasteiger partial charge in [-0.2, -0.15) is 0 Å². The predicted octanol–water partition coefficient (Wildman–Crippen LogP) is 2.68. The van der Waals surface area contributed by atoms with Gasteiger partial charge >= 0.3 is 0 Å². The molecule has 0 aliphatic carbocycles. The van der Waals surface area contributed by atoms with Gasteiger partial charge in [0.1, 0.15) is 0 Å². The van der Waals surface area contributed by atoms with Crippen LogP contribution in [-0.4, -0.2) is 43.5 Å². The lowest BCUT2D eigenvalue weighted by Gasteiger charge is -2.27. The van der Waals surface area contributed by atoms with Crippen LogP contribution in [-0.2, 0) is 9.59 Å². The van der Waals surface area contributed by atoms with E-state index in [9.17, 15) is 9.59 Å². The highest BCUT2D eigenvalue weighted by Gasteiger charge is 2.16. The number of nitrogens with zero attached hydrogens (tertiary/aromatic N) is 1. The Morgan fingerprint density at radius 3 is 2.39 bits per heavy atom. The lowest BCUT2D eigenvalue weighted by Crippen LogP contribution is -2.38. The van der Waals surface area contributed by atoms with E-state index in [1.807, 2.05) is 13.8 Å². The van der Waals surface area contributed by atoms with Gasteiger partial charge < -0.3 is 19.7 Å². The molecule has 0 spiro atoms. The number of hydrogen-bond acceptors (Lipinski definition) is 4. The van der Waals surface area contributed by atoms with Gasteiger partial charge in [-0.05, 0) is 25.5 Å². The smallest absolute Gasteiger partial charge is 0.226 e. The lowest BCUT2D eigenvalue weighted by atomic mass is 10.2. The van der Waals surface area contributed by atoms with E-state index in [-0.39, 0.29) is 24.3 Å². The first-order valence-electron chi connectivity index (χ1n) is 7.72. The van der Waals surface area contributed by atoms with Gasteiger partial charge in [-0.1, -0.05) is 6.92 Å². The summed E-state index contributed by atoms with van der Waals surface area (Å²) in [7, 11) is 3.10. The molecule has 6 nitrogen and oxygen atoms in total. The van der Waals surface area contributed by atoms with Gasteiger partial charge in [0.25, 0.3) is 0 Å². The summed E-state index contributed by atoms with van der Waals surface area (Å²) >= 11 is 0. The van der Waals surface area contributed by atoms with Crippen LogP contribution in [0.1, 0.15) is 33.6 Å². The molecule has 128 valence electrons. The van der Waals surface area contributed by atoms with Gasteiger partial charge in [0.15, 0.2) is 11.5 Å². The van der Waals surface area contributed by atoms with Crippen molar-refractivity contribution < 1.29 is 19.1 Å². The van der Waals surface area contributed by atoms with Crippen molar-refractivity contribution in [3.8, 4) is 11.5 Å². The van der Waals surface area contributed by atoms with Crippen molar-refractivity contribution in [1.82, 2.24) is 4.90 Å². The van der Waals surface area contributed by atoms with Crippen molar-refractivity contribution in [3.63, 3.8) is 0 Å². The standard InChI is InChI=1S/C17H26N2O4/c1-6-12(2)19(13(3)20)10-9-17(21)18-14-7-8-15(22-4)16(11-14)23-5/h7-8,11-12H,6,9-10H2,1-5H3,(H,18,21). The number of carbonyl (C=O) groups excluding carboxylic acids is 2. The van der Waals surface area contributed by atoms with E-state index >= 15 is 0 Å². The fraction of sp³-hybridized carbons (Fsp3) is 0.529. The van der Waals surface area contributed by atoms with E-state index in [1.54, 1.807) is 37.3 Å². The van der Waals surface area contributed by atoms with Crippen LogP contribution in [0, 0.1) is 0 Å². The van der Waals surface area contributed by atoms with Gasteiger partial charge in [-0.15, -0.1) is 0 Å². The molecule has 1 rings (SSSR count). The largest absolute Gasteiger partial charge is 0.493 e. The summed E-state index contributed by atoms with van der Waals surface area (Å²) in [5.74, 6) is 0.991. The van der Waals surface area contributed by atoms with Crippen LogP contribution in [0.5, 0.6) is 11.5 Å². The molecule has 1 atom stereocenters. The third-order valence-electron chi connectivity index (χ3n) is 3.77. The molecule has 0 aliphatic rings. The molecule has 0 fully saturated rings. The minimum absolute atomic E-state index is 0.0155. The molecule has 0 bridgehead atoms. The van der Waals surface area contributed by atoms with Crippen LogP contribution in [0.4, 0.5) is 5.69 Å². The van der Waals surface area contributed by atoms with Crippen LogP contribution in [0.2, 0.25) is 0 Å². The molecule has 0 aromatic heterocycles. The number of anilines is 1. The predicted molar refractivity (Wildman–Crippen MR) is 89.9 cm³/mol. The first-order chi connectivity index (χ1) is 10.9. The quantitative estimate of drug-likeness (QED) is 0.799. The fourth-order valence-electron chi connectivity index (χ4n) is 2.27. The van der Waals surface area contributed by atoms with Crippen molar-refractivity contribution in [2.45, 2.75) is 39.7 Å². The number of nitrogens with one attached hydrogen (secondary N) is 1. The van der Waals surface area contributed by atoms with E-state index in [1.165, 1.54) is 6.92 Å². The zero-order chi connectivity index (χ0) is 17.4. The Hall–Kier alpha value is -2.24. The topological polar surface area (TPSA) is 67.9 Å². The van der Waals surface area contributed by atoms with Crippen LogP contribution in [0.15, 0.2) is 18.2 Å². The van der Waals surface area contributed by atoms with Gasteiger partial charge in [-0.25, -0.2) is 0 Å². The summed E-state index contributed by atoms with van der Waals surface area (Å²) in [4.78, 5) is 25.4. The molecule has 1 aromatic rings. The second-order valence-corrected chi connectivity index (χ2v) is 5.34. The molecule has 0 saturated carbocycles. The van der Waals surface area contributed by atoms with E-state index in [0.29, 0.717) is 23.7 Å². The average Bonchev–Trinajstić information content (AvgIpc) is 2.54. The Morgan fingerprint density at radius 1 is 1.22 bits per heavy atom. The Kier molecular flexibility index (Phi) is 7.38. The molecule has 6 heteroatoms. The number of methoxy groups -OCH3 is 2. The molecule has 1 aromatic carbocycles. The summed E-state index contributed by atoms with van der Waals surface area (Å²) in [6.45, 7) is 5.93. The first-order valence-corrected chi connectivity index (χ1v) is 7.72. The second-order valence-electron chi connectivity index (χ2n) is 5.34. The van der Waals surface area contributed by atoms with Crippen molar-refractivity contribution in [3.05, 3.63) is 18.2 Å². The average molecular weight is 322 g/mol. The second kappa shape index (κ2) is 9.02. The molecular formula is C17H26N2O4. The molecule has 1 unspecified atom stereocenters. The van der Waals surface area contributed by atoms with Crippen molar-refractivity contribution in [1.29, 1.82) is 0 Å². The van der Waals surface area contributed by atoms with Crippen molar-refractivity contribution in [2.75, 3.05) is 26.1 Å². The molecule has 0 saturated heterocycles. The minimum Gasteiger partial charge on any atom is -0.493 e. The normalized spacial score (nSPS) is 11.5. The maximum absolute atomic E-state index is 12.1. The van der Waals surface area contributed by atoms with Gasteiger partial charge in [0, 0.05) is 37.7 Å². The summed E-state index contributed by atoms with van der Waals surface area (Å²) in [5, 5.41) is 2.81. The van der Waals surface area contributed by atoms with Crippen LogP contribution >= 0.6 is 0 Å². The number of carbonyl (C=O) groups is 2. The van der Waals surface area contributed by atoms with Crippen LogP contribution in [0.3, 0.4) is 0 Å². The van der Waals surface area contributed by atoms with Gasteiger partial charge in [0.05, 0.1) is 14.2 Å². The summed E-state index contributed by atoms with van der Waals surface area (Å²) in [5.41, 5.74) is 0.630. The molecule has 23 heavy (non-hydrogen) atoms. The maximum Gasteiger partial charge on any atom is 0.226 e. The third-order valence-corrected chi connectivity index (χ3v) is 3.77. The minimum atomic E-state index is -0.147. The highest BCUT2D eigenvalue weighted by atomic mass is 16.5. The van der Waals surface area contributed by atoms with E-state index in [4.69, 9.17) is 9.47 Å². The van der Waals surface area contributed by atoms with Crippen LogP contribution < -0.4 is 14.8 Å². The van der Waals surface area contributed by atoms with Crippen LogP contribution in [0.25, 0.3) is 0 Å². The summed E-state index contributed by atoms with van der Waals surface area (Å²) < 4.78 is 10.4. The Morgan fingerprint density at radius 2 is 1.87 bits per heavy atom. The Bertz CT molecular complexity index is 545. The lowest BCUT2D eigenvalue weighted by molar-refractivity contribution is -0.131. The molecular weight excluding hydrogens is 296 g/mol. The highest BCUT2D eigenvalue weighted by molar-refractivity contribution is 5.91. The zero-order valence-electron chi connectivity index (χ0n) is 14.5. The third kappa shape index (κ3) is 5.47. The van der Waals surface area contributed by atoms with E-state index < -0.39 is 0 Å². The number of ether oxygens (including phenoxy) is 2. The van der Waals surface area contributed by atoms with E-state index in [0.717, 1.165) is 6.42 Å². The van der Waals surface area contributed by atoms with E-state index in [2.05, 4.69) is 5.32 Å². The molecule has 0 aliphatic heterocycles. The Labute approximate surface area is 137 Å². The highest BCUT2D eigenvalue weighted by Crippen LogP contribution is 2.29. The monoisotopic (exact) mass is 322 g/mol. The van der Waals surface area contributed by atoms with Gasteiger partial charge in [0.2, 0.25) is 11.8 Å². The maximum atomic E-state index is 12.1. The molecule has 1 N–H and O–H groups in total. The number of rotatable bonds is 8. The van der Waals surface area contributed by atoms with Gasteiger partial charge in [-0.3, -0.25) is 9.59 Å². The molecule has 0 heterocycles. The molecule has 2 amide bonds. The zero-order valence-corrected chi connectivity index (χ0v) is 14.5. The SMILES string of the molecule is CCC(C)N(CCC(=O)Nc1ccc(OC)c(OC)c1)C(C)=O. The first kappa shape index (κ1) is 18.8. The number of amides is 2.